The highest BCUT2D eigenvalue weighted by Crippen LogP contribution is 2.17. The molecule has 17 heteroatoms. The summed E-state index contributed by atoms with van der Waals surface area (Å²) in [5.41, 5.74) is 1.92. The first-order chi connectivity index (χ1) is 20.0. The van der Waals surface area contributed by atoms with Gasteiger partial charge in [-0.2, -0.15) is 30.7 Å². The lowest BCUT2D eigenvalue weighted by molar-refractivity contribution is 0.170. The van der Waals surface area contributed by atoms with Crippen LogP contribution in [0, 0.1) is 25.2 Å². The molecule has 1 amide bonds. The molecule has 5 rings (SSSR count). The lowest BCUT2D eigenvalue weighted by Crippen LogP contribution is -2.50. The molecule has 42 heavy (non-hydrogen) atoms. The average molecular weight is 616 g/mol. The number of aryl methyl sites for hydroxylation is 2. The molecular formula is C25H29N9O6S2. The predicted molar refractivity (Wildman–Crippen MR) is 154 cm³/mol. The fraction of sp³-hybridized carbons (Fsp3) is 0.320. The molecule has 0 aliphatic carbocycles. The van der Waals surface area contributed by atoms with Crippen molar-refractivity contribution < 1.29 is 26.4 Å². The van der Waals surface area contributed by atoms with Crippen LogP contribution in [0.1, 0.15) is 17.0 Å². The Bertz CT molecular complexity index is 1670. The van der Waals surface area contributed by atoms with Gasteiger partial charge in [0.1, 0.15) is 30.1 Å². The Kier molecular flexibility index (Phi) is 9.40. The van der Waals surface area contributed by atoms with E-state index in [0.717, 1.165) is 11.5 Å². The lowest BCUT2D eigenvalue weighted by Gasteiger charge is -2.34. The Labute approximate surface area is 244 Å². The van der Waals surface area contributed by atoms with E-state index in [0.29, 0.717) is 47.6 Å². The van der Waals surface area contributed by atoms with E-state index in [1.807, 2.05) is 11.0 Å². The van der Waals surface area contributed by atoms with Crippen molar-refractivity contribution in [1.29, 1.82) is 5.26 Å². The molecule has 2 N–H and O–H groups in total. The zero-order valence-electron chi connectivity index (χ0n) is 22.8. The number of nitrogens with zero attached hydrogens (tertiary/aromatic N) is 7. The van der Waals surface area contributed by atoms with Crippen molar-refractivity contribution >= 4 is 44.0 Å². The Morgan fingerprint density at radius 3 is 1.90 bits per heavy atom. The van der Waals surface area contributed by atoms with Crippen molar-refractivity contribution in [3.8, 4) is 6.07 Å². The molecule has 0 unspecified atom stereocenters. The van der Waals surface area contributed by atoms with Crippen molar-refractivity contribution in [1.82, 2.24) is 23.6 Å². The van der Waals surface area contributed by atoms with Crippen LogP contribution in [0.5, 0.6) is 0 Å². The van der Waals surface area contributed by atoms with Crippen LogP contribution in [0.3, 0.4) is 0 Å². The number of ether oxygens (including phenoxy) is 1. The van der Waals surface area contributed by atoms with E-state index in [2.05, 4.69) is 29.1 Å². The van der Waals surface area contributed by atoms with Gasteiger partial charge in [0.2, 0.25) is 0 Å². The SMILES string of the molecule is Cc1cccc(NS(=O)(=O)N2CCN(c3ccc(C#N)cn3)CC2)n1.Cc1cccc(NS(=O)(=O)N2CCOC2=O)n1. The van der Waals surface area contributed by atoms with Gasteiger partial charge in [-0.15, -0.1) is 0 Å². The zero-order valence-corrected chi connectivity index (χ0v) is 24.5. The van der Waals surface area contributed by atoms with Gasteiger partial charge < -0.3 is 9.64 Å². The highest BCUT2D eigenvalue weighted by Gasteiger charge is 2.33. The van der Waals surface area contributed by atoms with Gasteiger partial charge in [-0.1, -0.05) is 12.1 Å². The summed E-state index contributed by atoms with van der Waals surface area (Å²) in [6.07, 6.45) is 0.647. The van der Waals surface area contributed by atoms with Crippen LogP contribution in [0.25, 0.3) is 0 Å². The molecular weight excluding hydrogens is 586 g/mol. The van der Waals surface area contributed by atoms with E-state index in [9.17, 15) is 21.6 Å². The number of carbonyl (C=O) groups excluding carboxylic acids is 1. The van der Waals surface area contributed by atoms with Crippen molar-refractivity contribution in [3.63, 3.8) is 0 Å². The summed E-state index contributed by atoms with van der Waals surface area (Å²) in [5, 5.41) is 8.81. The Morgan fingerprint density at radius 1 is 0.833 bits per heavy atom. The Hall–Kier alpha value is -4.53. The fourth-order valence-corrected chi connectivity index (χ4v) is 6.18. The number of nitrogens with one attached hydrogen (secondary N) is 2. The summed E-state index contributed by atoms with van der Waals surface area (Å²) in [7, 11) is -7.57. The third-order valence-electron chi connectivity index (χ3n) is 6.04. The van der Waals surface area contributed by atoms with Crippen molar-refractivity contribution in [2.24, 2.45) is 0 Å². The van der Waals surface area contributed by atoms with E-state index >= 15 is 0 Å². The van der Waals surface area contributed by atoms with Gasteiger partial charge in [0.15, 0.2) is 0 Å². The highest BCUT2D eigenvalue weighted by molar-refractivity contribution is 7.91. The highest BCUT2D eigenvalue weighted by atomic mass is 32.2. The van der Waals surface area contributed by atoms with Gasteiger partial charge in [-0.3, -0.25) is 4.72 Å². The number of pyridine rings is 3. The van der Waals surface area contributed by atoms with Crippen molar-refractivity contribution in [2.75, 3.05) is 53.7 Å². The maximum atomic E-state index is 12.5. The topological polar surface area (TPSA) is 191 Å². The van der Waals surface area contributed by atoms with Crippen LogP contribution in [0.15, 0.2) is 54.7 Å². The molecule has 0 atom stereocenters. The number of aromatic nitrogens is 3. The summed E-state index contributed by atoms with van der Waals surface area (Å²) in [6.45, 7) is 5.39. The van der Waals surface area contributed by atoms with Crippen LogP contribution in [0.2, 0.25) is 0 Å². The number of piperazine rings is 1. The quantitative estimate of drug-likeness (QED) is 0.393. The molecule has 0 saturated carbocycles. The first kappa shape index (κ1) is 30.4. The minimum Gasteiger partial charge on any atom is -0.447 e. The molecule has 222 valence electrons. The molecule has 5 heterocycles. The number of hydrogen-bond donors (Lipinski definition) is 2. The summed E-state index contributed by atoms with van der Waals surface area (Å²) in [5.74, 6) is 1.23. The minimum absolute atomic E-state index is 0.0139. The second-order valence-electron chi connectivity index (χ2n) is 9.13. The number of amides is 1. The second-order valence-corrected chi connectivity index (χ2v) is 12.4. The van der Waals surface area contributed by atoms with Crippen LogP contribution < -0.4 is 14.3 Å². The van der Waals surface area contributed by atoms with E-state index in [1.54, 1.807) is 56.3 Å². The van der Waals surface area contributed by atoms with Crippen LogP contribution in [-0.4, -0.2) is 85.8 Å². The van der Waals surface area contributed by atoms with E-state index in [1.165, 1.54) is 16.6 Å². The van der Waals surface area contributed by atoms with Crippen molar-refractivity contribution in [2.45, 2.75) is 13.8 Å². The molecule has 0 radical (unpaired) electrons. The van der Waals surface area contributed by atoms with Gasteiger partial charge in [0, 0.05) is 43.8 Å². The lowest BCUT2D eigenvalue weighted by atomic mass is 10.3. The number of nitriles is 1. The number of carbonyl (C=O) groups is 1. The summed E-state index contributed by atoms with van der Waals surface area (Å²) < 4.78 is 59.9. The summed E-state index contributed by atoms with van der Waals surface area (Å²) >= 11 is 0. The van der Waals surface area contributed by atoms with Crippen molar-refractivity contribution in [3.05, 3.63) is 71.7 Å². The molecule has 3 aromatic rings. The monoisotopic (exact) mass is 615 g/mol. The maximum absolute atomic E-state index is 12.5. The van der Waals surface area contributed by atoms with Gasteiger partial charge in [-0.25, -0.2) is 24.5 Å². The van der Waals surface area contributed by atoms with Crippen LogP contribution in [0.4, 0.5) is 22.2 Å². The number of cyclic esters (lactones) is 1. The van der Waals surface area contributed by atoms with E-state index < -0.39 is 26.5 Å². The minimum atomic E-state index is -3.93. The van der Waals surface area contributed by atoms with Gasteiger partial charge in [0.25, 0.3) is 0 Å². The van der Waals surface area contributed by atoms with Gasteiger partial charge >= 0.3 is 26.5 Å². The number of rotatable bonds is 7. The molecule has 0 aromatic carbocycles. The number of anilines is 3. The van der Waals surface area contributed by atoms with E-state index in [-0.39, 0.29) is 19.0 Å². The Balaban J connectivity index is 0.000000208. The smallest absolute Gasteiger partial charge is 0.425 e. The average Bonchev–Trinajstić information content (AvgIpc) is 3.40. The van der Waals surface area contributed by atoms with E-state index in [4.69, 9.17) is 5.26 Å². The third kappa shape index (κ3) is 7.81. The first-order valence-corrected chi connectivity index (χ1v) is 15.6. The van der Waals surface area contributed by atoms with Crippen LogP contribution >= 0.6 is 0 Å². The molecule has 2 aliphatic rings. The molecule has 0 spiro atoms. The molecule has 2 saturated heterocycles. The molecule has 3 aromatic heterocycles. The predicted octanol–water partition coefficient (Wildman–Crippen LogP) is 1.63. The first-order valence-electron chi connectivity index (χ1n) is 12.7. The molecule has 15 nitrogen and oxygen atoms in total. The molecule has 2 fully saturated rings. The van der Waals surface area contributed by atoms with Crippen LogP contribution in [-0.2, 0) is 25.2 Å². The van der Waals surface area contributed by atoms with Gasteiger partial charge in [-0.05, 0) is 50.2 Å². The fourth-order valence-electron chi connectivity index (χ4n) is 3.98. The normalized spacial score (nSPS) is 15.7. The summed E-state index contributed by atoms with van der Waals surface area (Å²) in [4.78, 5) is 25.5. The Morgan fingerprint density at radius 2 is 1.43 bits per heavy atom. The standard InChI is InChI=1S/C16H18N6O2S.C9H11N3O4S/c1-13-3-2-4-15(19-13)20-25(23,24)22-9-7-21(8-10-22)16-6-5-14(11-17)12-18-16;1-7-3-2-4-8(10-7)11-17(14,15)12-5-6-16-9(12)13/h2-6,12H,7-10H2,1H3,(H,19,20);2-4H,5-6H2,1H3,(H,10,11). The third-order valence-corrected chi connectivity index (χ3v) is 8.93. The molecule has 0 bridgehead atoms. The van der Waals surface area contributed by atoms with Gasteiger partial charge in [0.05, 0.1) is 12.1 Å². The zero-order chi connectivity index (χ0) is 30.3. The molecule has 2 aliphatic heterocycles. The maximum Gasteiger partial charge on any atom is 0.425 e. The second kappa shape index (κ2) is 13.0. The largest absolute Gasteiger partial charge is 0.447 e. The summed E-state index contributed by atoms with van der Waals surface area (Å²) in [6, 6.07) is 15.6. The number of hydrogen-bond acceptors (Lipinski definition) is 11.